The summed E-state index contributed by atoms with van der Waals surface area (Å²) in [7, 11) is 0. The third-order valence-corrected chi connectivity index (χ3v) is 11.5. The summed E-state index contributed by atoms with van der Waals surface area (Å²) in [6.45, 7) is 7.54. The number of benzene rings is 9. The van der Waals surface area contributed by atoms with E-state index in [4.69, 9.17) is 15.4 Å². The average Bonchev–Trinajstić information content (AvgIpc) is 3.91. The molecule has 0 amide bonds. The van der Waals surface area contributed by atoms with Crippen LogP contribution in [0.25, 0.3) is 70.3 Å². The number of anilines is 6. The predicted octanol–water partition coefficient (Wildman–Crippen LogP) is 14.9. The Morgan fingerprint density at radius 2 is 0.742 bits per heavy atom. The first-order valence-electron chi connectivity index (χ1n) is 19.8. The fourth-order valence-electron chi connectivity index (χ4n) is 8.71. The lowest BCUT2D eigenvalue weighted by molar-refractivity contribution is 0.633. The molecule has 286 valence electrons. The highest BCUT2D eigenvalue weighted by Gasteiger charge is 2.25. The van der Waals surface area contributed by atoms with E-state index < -0.39 is 0 Å². The average molecular weight is 793 g/mol. The quantitative estimate of drug-likeness (QED) is 0.154. The summed E-state index contributed by atoms with van der Waals surface area (Å²) in [5.74, 6) is 0. The third-order valence-electron chi connectivity index (χ3n) is 11.5. The smallest absolute Gasteiger partial charge is 0.187 e. The first kappa shape index (κ1) is 35.8. The molecule has 0 N–H and O–H groups in total. The third kappa shape index (κ3) is 5.58. The van der Waals surface area contributed by atoms with E-state index in [0.717, 1.165) is 77.2 Å². The molecule has 0 saturated carbocycles. The van der Waals surface area contributed by atoms with E-state index in [-0.39, 0.29) is 0 Å². The summed E-state index contributed by atoms with van der Waals surface area (Å²) < 4.78 is 13.9. The van der Waals surface area contributed by atoms with Crippen LogP contribution in [0.3, 0.4) is 0 Å². The minimum Gasteiger partial charge on any atom is -0.452 e. The summed E-state index contributed by atoms with van der Waals surface area (Å²) in [5.41, 5.74) is 9.93. The predicted molar refractivity (Wildman–Crippen MR) is 246 cm³/mol. The van der Waals surface area contributed by atoms with Crippen molar-refractivity contribution in [2.45, 2.75) is 0 Å². The molecule has 0 bridgehead atoms. The lowest BCUT2D eigenvalue weighted by Gasteiger charge is -2.27. The second-order valence-corrected chi connectivity index (χ2v) is 14.9. The van der Waals surface area contributed by atoms with Gasteiger partial charge in [-0.25, -0.2) is 4.85 Å². The van der Waals surface area contributed by atoms with Gasteiger partial charge in [0.2, 0.25) is 0 Å². The Balaban J connectivity index is 1.16. The first-order chi connectivity index (χ1) is 30.5. The van der Waals surface area contributed by atoms with E-state index >= 15 is 0 Å². The molecule has 0 radical (unpaired) electrons. The summed E-state index contributed by atoms with van der Waals surface area (Å²) in [6, 6.07) is 61.4. The number of hydrogen-bond acceptors (Lipinski definition) is 7. The zero-order valence-electron chi connectivity index (χ0n) is 32.7. The van der Waals surface area contributed by atoms with Crippen LogP contribution in [0.4, 0.5) is 39.8 Å². The first-order valence-corrected chi connectivity index (χ1v) is 19.8. The lowest BCUT2D eigenvalue weighted by atomic mass is 9.98. The maximum atomic E-state index is 9.59. The highest BCUT2D eigenvalue weighted by Crippen LogP contribution is 2.49. The Hall–Kier alpha value is -9.34. The fraction of sp³-hybridized carbons (Fsp3) is 0. The van der Waals surface area contributed by atoms with Gasteiger partial charge in [-0.05, 0) is 108 Å². The van der Waals surface area contributed by atoms with E-state index in [0.29, 0.717) is 44.7 Å². The summed E-state index contributed by atoms with van der Waals surface area (Å²) in [4.78, 5) is 7.86. The molecule has 0 aliphatic carbocycles. The number of fused-ring (bicyclic) bond motifs is 11. The Morgan fingerprint density at radius 1 is 0.403 bits per heavy atom. The largest absolute Gasteiger partial charge is 0.452 e. The molecule has 11 aromatic rings. The number of furan rings is 2. The van der Waals surface area contributed by atoms with Crippen LogP contribution >= 0.6 is 0 Å². The van der Waals surface area contributed by atoms with Gasteiger partial charge >= 0.3 is 0 Å². The molecule has 62 heavy (non-hydrogen) atoms. The van der Waals surface area contributed by atoms with Crippen molar-refractivity contribution in [3.8, 4) is 18.2 Å². The van der Waals surface area contributed by atoms with E-state index in [2.05, 4.69) is 81.4 Å². The number of hydrogen-bond donors (Lipinski definition) is 0. The molecule has 0 spiro atoms. The van der Waals surface area contributed by atoms with Gasteiger partial charge in [0.05, 0.1) is 52.8 Å². The SMILES string of the molecule is [C-]#[N+]c1ccc(N(c2ccc(C#N)cc2)c2cc3oc4c(ccc5c4oc4cc(N(c6ccc(C#N)cc6)c6ccc(C#N)cc6)c6ccccc6c45)c3c3ccccc23)cc1. The molecule has 0 aliphatic rings. The number of nitrogens with zero attached hydrogens (tertiary/aromatic N) is 6. The van der Waals surface area contributed by atoms with E-state index in [9.17, 15) is 15.8 Å². The van der Waals surface area contributed by atoms with Crippen LogP contribution in [0.15, 0.2) is 179 Å². The lowest BCUT2D eigenvalue weighted by Crippen LogP contribution is -2.10. The summed E-state index contributed by atoms with van der Waals surface area (Å²) in [5, 5.41) is 36.5. The van der Waals surface area contributed by atoms with Gasteiger partial charge in [-0.15, -0.1) is 0 Å². The molecule has 8 heteroatoms. The van der Waals surface area contributed by atoms with Crippen molar-refractivity contribution in [1.82, 2.24) is 0 Å². The maximum absolute atomic E-state index is 9.59. The minimum atomic E-state index is 0.539. The fourth-order valence-corrected chi connectivity index (χ4v) is 8.71. The van der Waals surface area contributed by atoms with Gasteiger partial charge in [0, 0.05) is 67.2 Å². The molecule has 8 nitrogen and oxygen atoms in total. The monoisotopic (exact) mass is 792 g/mol. The highest BCUT2D eigenvalue weighted by atomic mass is 16.4. The molecule has 0 fully saturated rings. The standard InChI is InChI=1S/C54H28N6O2/c1-58-36-16-24-40(25-17-36)60(39-22-14-35(32-57)15-23-39)48-29-50-52(44-9-5-3-7-42(44)48)46-27-26-45-51-43-8-4-2-6-41(43)47(28-49(51)61-53(45)54(46)62-50)59(37-18-10-33(30-55)11-19-37)38-20-12-34(31-56)13-21-38/h2-29H. The molecule has 11 rings (SSSR count). The van der Waals surface area contributed by atoms with Gasteiger partial charge in [0.15, 0.2) is 16.9 Å². The van der Waals surface area contributed by atoms with Crippen molar-refractivity contribution < 1.29 is 8.83 Å². The Kier molecular flexibility index (Phi) is 8.19. The van der Waals surface area contributed by atoms with E-state index in [1.165, 1.54) is 0 Å². The highest BCUT2D eigenvalue weighted by molar-refractivity contribution is 6.29. The second kappa shape index (κ2) is 14.2. The summed E-state index contributed by atoms with van der Waals surface area (Å²) >= 11 is 0. The number of rotatable bonds is 6. The van der Waals surface area contributed by atoms with Crippen molar-refractivity contribution in [2.75, 3.05) is 9.80 Å². The van der Waals surface area contributed by atoms with Crippen LogP contribution < -0.4 is 9.80 Å². The molecule has 2 aromatic heterocycles. The van der Waals surface area contributed by atoms with E-state index in [1.807, 2.05) is 84.9 Å². The minimum absolute atomic E-state index is 0.539. The Labute approximate surface area is 354 Å². The van der Waals surface area contributed by atoms with Crippen molar-refractivity contribution in [1.29, 1.82) is 15.8 Å². The van der Waals surface area contributed by atoms with Crippen LogP contribution in [-0.2, 0) is 0 Å². The molecular weight excluding hydrogens is 765 g/mol. The van der Waals surface area contributed by atoms with Gasteiger partial charge < -0.3 is 18.6 Å². The van der Waals surface area contributed by atoms with E-state index in [1.54, 1.807) is 36.4 Å². The van der Waals surface area contributed by atoms with Crippen molar-refractivity contribution in [3.05, 3.63) is 198 Å². The van der Waals surface area contributed by atoms with Crippen LogP contribution in [0.2, 0.25) is 0 Å². The van der Waals surface area contributed by atoms with Gasteiger partial charge in [-0.2, -0.15) is 15.8 Å². The van der Waals surface area contributed by atoms with Gasteiger partial charge in [-0.3, -0.25) is 0 Å². The van der Waals surface area contributed by atoms with Crippen LogP contribution in [0.1, 0.15) is 16.7 Å². The van der Waals surface area contributed by atoms with Crippen molar-refractivity contribution in [2.24, 2.45) is 0 Å². The van der Waals surface area contributed by atoms with Crippen LogP contribution in [0.5, 0.6) is 0 Å². The molecule has 0 unspecified atom stereocenters. The molecule has 0 aliphatic heterocycles. The van der Waals surface area contributed by atoms with Gasteiger partial charge in [0.25, 0.3) is 0 Å². The molecule has 2 heterocycles. The molecular formula is C54H28N6O2. The Bertz CT molecular complexity index is 3410. The molecule has 0 saturated heterocycles. The van der Waals surface area contributed by atoms with Gasteiger partial charge in [0.1, 0.15) is 11.2 Å². The van der Waals surface area contributed by atoms with Crippen LogP contribution in [0, 0.1) is 40.6 Å². The zero-order chi connectivity index (χ0) is 41.9. The van der Waals surface area contributed by atoms with Gasteiger partial charge in [-0.1, -0.05) is 60.7 Å². The van der Waals surface area contributed by atoms with Crippen LogP contribution in [-0.4, -0.2) is 0 Å². The van der Waals surface area contributed by atoms with Crippen molar-refractivity contribution in [3.63, 3.8) is 0 Å². The summed E-state index contributed by atoms with van der Waals surface area (Å²) in [6.07, 6.45) is 0. The molecule has 9 aromatic carbocycles. The zero-order valence-corrected chi connectivity index (χ0v) is 32.7. The molecule has 0 atom stereocenters. The Morgan fingerprint density at radius 3 is 1.08 bits per heavy atom. The normalized spacial score (nSPS) is 11.2. The second-order valence-electron chi connectivity index (χ2n) is 14.9. The van der Waals surface area contributed by atoms with Crippen molar-refractivity contribution >= 4 is 105 Å². The number of nitriles is 3. The maximum Gasteiger partial charge on any atom is 0.187 e. The topological polar surface area (TPSA) is 108 Å².